The second kappa shape index (κ2) is 8.17. The monoisotopic (exact) mass is 386 g/mol. The van der Waals surface area contributed by atoms with Gasteiger partial charge in [-0.2, -0.15) is 0 Å². The molecule has 0 spiro atoms. The van der Waals surface area contributed by atoms with E-state index in [1.807, 2.05) is 24.3 Å². The fourth-order valence-electron chi connectivity index (χ4n) is 2.34. The molecule has 0 radical (unpaired) electrons. The summed E-state index contributed by atoms with van der Waals surface area (Å²) in [5.74, 6) is 0.0275. The van der Waals surface area contributed by atoms with Crippen LogP contribution in [0.2, 0.25) is 10.0 Å². The first-order valence-electron chi connectivity index (χ1n) is 7.91. The van der Waals surface area contributed by atoms with Crippen LogP contribution in [0.25, 0.3) is 0 Å². The Hall–Kier alpha value is -2.63. The zero-order valence-electron chi connectivity index (χ0n) is 14.0. The summed E-state index contributed by atoms with van der Waals surface area (Å²) >= 11 is 12.1. The van der Waals surface area contributed by atoms with Gasteiger partial charge in [0.2, 0.25) is 5.95 Å². The molecule has 5 nitrogen and oxygen atoms in total. The number of aromatic nitrogens is 2. The molecule has 0 saturated heterocycles. The maximum Gasteiger partial charge on any atom is 0.274 e. The van der Waals surface area contributed by atoms with Gasteiger partial charge in [0, 0.05) is 28.0 Å². The highest BCUT2D eigenvalue weighted by molar-refractivity contribution is 6.31. The molecule has 2 aromatic carbocycles. The number of carbonyl (C=O) groups is 1. The van der Waals surface area contributed by atoms with Gasteiger partial charge in [-0.25, -0.2) is 9.97 Å². The second-order valence-corrected chi connectivity index (χ2v) is 6.47. The molecular formula is C19H16Cl2N4O. The number of hydrogen-bond donors (Lipinski definition) is 2. The highest BCUT2D eigenvalue weighted by Gasteiger charge is 2.11. The van der Waals surface area contributed by atoms with Crippen LogP contribution in [-0.4, -0.2) is 15.9 Å². The van der Waals surface area contributed by atoms with E-state index in [1.54, 1.807) is 37.3 Å². The number of aryl methyl sites for hydroxylation is 1. The summed E-state index contributed by atoms with van der Waals surface area (Å²) in [6.07, 6.45) is 0. The summed E-state index contributed by atoms with van der Waals surface area (Å²) < 4.78 is 0. The fourth-order valence-corrected chi connectivity index (χ4v) is 2.73. The molecule has 0 unspecified atom stereocenters. The molecule has 132 valence electrons. The summed E-state index contributed by atoms with van der Waals surface area (Å²) in [5, 5.41) is 7.08. The van der Waals surface area contributed by atoms with Crippen molar-refractivity contribution >= 4 is 40.7 Å². The van der Waals surface area contributed by atoms with Gasteiger partial charge in [-0.3, -0.25) is 4.79 Å². The Balaban J connectivity index is 1.74. The van der Waals surface area contributed by atoms with Crippen molar-refractivity contribution in [2.24, 2.45) is 0 Å². The Kier molecular flexibility index (Phi) is 5.71. The highest BCUT2D eigenvalue weighted by atomic mass is 35.5. The molecule has 0 fully saturated rings. The van der Waals surface area contributed by atoms with Crippen LogP contribution in [0.4, 0.5) is 11.6 Å². The molecule has 3 rings (SSSR count). The topological polar surface area (TPSA) is 66.9 Å². The number of nitrogens with one attached hydrogen (secondary N) is 2. The van der Waals surface area contributed by atoms with Crippen molar-refractivity contribution in [2.45, 2.75) is 13.5 Å². The molecule has 1 amide bonds. The zero-order chi connectivity index (χ0) is 18.5. The molecular weight excluding hydrogens is 371 g/mol. The molecule has 0 aliphatic heterocycles. The molecule has 0 atom stereocenters. The number of rotatable bonds is 5. The van der Waals surface area contributed by atoms with E-state index in [4.69, 9.17) is 23.2 Å². The van der Waals surface area contributed by atoms with Gasteiger partial charge in [0.15, 0.2) is 0 Å². The van der Waals surface area contributed by atoms with Crippen LogP contribution in [0, 0.1) is 6.92 Å². The van der Waals surface area contributed by atoms with E-state index >= 15 is 0 Å². The van der Waals surface area contributed by atoms with Crippen LogP contribution in [0.3, 0.4) is 0 Å². The number of benzene rings is 2. The molecule has 0 aliphatic carbocycles. The lowest BCUT2D eigenvalue weighted by Gasteiger charge is -2.10. The SMILES string of the molecule is Cc1cc(C(=O)Nc2cccc(Cl)c2)nc(NCc2ccccc2Cl)n1. The molecule has 0 saturated carbocycles. The first kappa shape index (κ1) is 18.2. The van der Waals surface area contributed by atoms with Crippen molar-refractivity contribution in [1.29, 1.82) is 0 Å². The van der Waals surface area contributed by atoms with Crippen molar-refractivity contribution in [2.75, 3.05) is 10.6 Å². The van der Waals surface area contributed by atoms with E-state index in [2.05, 4.69) is 20.6 Å². The molecule has 26 heavy (non-hydrogen) atoms. The van der Waals surface area contributed by atoms with Crippen LogP contribution in [0.15, 0.2) is 54.6 Å². The van der Waals surface area contributed by atoms with E-state index in [0.29, 0.717) is 33.9 Å². The number of carbonyl (C=O) groups excluding carboxylic acids is 1. The lowest BCUT2D eigenvalue weighted by Crippen LogP contribution is -2.16. The lowest BCUT2D eigenvalue weighted by molar-refractivity contribution is 0.102. The average molecular weight is 387 g/mol. The quantitative estimate of drug-likeness (QED) is 0.650. The van der Waals surface area contributed by atoms with E-state index in [1.165, 1.54) is 0 Å². The highest BCUT2D eigenvalue weighted by Crippen LogP contribution is 2.18. The van der Waals surface area contributed by atoms with Crippen molar-refractivity contribution in [3.63, 3.8) is 0 Å². The molecule has 1 heterocycles. The van der Waals surface area contributed by atoms with Gasteiger partial charge >= 0.3 is 0 Å². The zero-order valence-corrected chi connectivity index (χ0v) is 15.5. The molecule has 0 bridgehead atoms. The van der Waals surface area contributed by atoms with Crippen LogP contribution in [-0.2, 0) is 6.54 Å². The Bertz CT molecular complexity index is 946. The van der Waals surface area contributed by atoms with E-state index in [9.17, 15) is 4.79 Å². The number of halogens is 2. The number of anilines is 2. The summed E-state index contributed by atoms with van der Waals surface area (Å²) in [5.41, 5.74) is 2.46. The summed E-state index contributed by atoms with van der Waals surface area (Å²) in [4.78, 5) is 21.1. The van der Waals surface area contributed by atoms with Crippen molar-refractivity contribution in [1.82, 2.24) is 9.97 Å². The molecule has 3 aromatic rings. The van der Waals surface area contributed by atoms with Gasteiger partial charge in [0.05, 0.1) is 0 Å². The minimum absolute atomic E-state index is 0.263. The Morgan fingerprint density at radius 1 is 1.04 bits per heavy atom. The summed E-state index contributed by atoms with van der Waals surface area (Å²) in [6, 6.07) is 16.1. The van der Waals surface area contributed by atoms with Crippen LogP contribution in [0.5, 0.6) is 0 Å². The molecule has 2 N–H and O–H groups in total. The molecule has 7 heteroatoms. The molecule has 1 aromatic heterocycles. The van der Waals surface area contributed by atoms with Crippen LogP contribution < -0.4 is 10.6 Å². The van der Waals surface area contributed by atoms with Crippen LogP contribution in [0.1, 0.15) is 21.7 Å². The van der Waals surface area contributed by atoms with Gasteiger partial charge in [-0.15, -0.1) is 0 Å². The minimum atomic E-state index is -0.335. The summed E-state index contributed by atoms with van der Waals surface area (Å²) in [6.45, 7) is 2.26. The number of hydrogen-bond acceptors (Lipinski definition) is 4. The third kappa shape index (κ3) is 4.71. The lowest BCUT2D eigenvalue weighted by atomic mass is 10.2. The average Bonchev–Trinajstić information content (AvgIpc) is 2.60. The minimum Gasteiger partial charge on any atom is -0.350 e. The Morgan fingerprint density at radius 2 is 1.85 bits per heavy atom. The van der Waals surface area contributed by atoms with Crippen molar-refractivity contribution < 1.29 is 4.79 Å². The van der Waals surface area contributed by atoms with E-state index < -0.39 is 0 Å². The number of nitrogens with zero attached hydrogens (tertiary/aromatic N) is 2. The van der Waals surface area contributed by atoms with Crippen LogP contribution >= 0.6 is 23.2 Å². The number of amides is 1. The standard InChI is InChI=1S/C19H16Cl2N4O/c1-12-9-17(18(26)24-15-7-4-6-14(20)10-15)25-19(23-12)22-11-13-5-2-3-8-16(13)21/h2-10H,11H2,1H3,(H,24,26)(H,22,23,25). The predicted octanol–water partition coefficient (Wildman–Crippen LogP) is 4.96. The van der Waals surface area contributed by atoms with Gasteiger partial charge < -0.3 is 10.6 Å². The van der Waals surface area contributed by atoms with Gasteiger partial charge in [-0.05, 0) is 42.8 Å². The largest absolute Gasteiger partial charge is 0.350 e. The third-order valence-corrected chi connectivity index (χ3v) is 4.17. The maximum absolute atomic E-state index is 12.5. The van der Waals surface area contributed by atoms with E-state index in [0.717, 1.165) is 5.56 Å². The Morgan fingerprint density at radius 3 is 2.62 bits per heavy atom. The smallest absolute Gasteiger partial charge is 0.274 e. The van der Waals surface area contributed by atoms with Crippen molar-refractivity contribution in [3.8, 4) is 0 Å². The summed E-state index contributed by atoms with van der Waals surface area (Å²) in [7, 11) is 0. The first-order valence-corrected chi connectivity index (χ1v) is 8.67. The normalized spacial score (nSPS) is 10.4. The van der Waals surface area contributed by atoms with E-state index in [-0.39, 0.29) is 11.6 Å². The molecule has 0 aliphatic rings. The van der Waals surface area contributed by atoms with Gasteiger partial charge in [0.1, 0.15) is 5.69 Å². The van der Waals surface area contributed by atoms with Crippen molar-refractivity contribution in [3.05, 3.63) is 81.6 Å². The third-order valence-electron chi connectivity index (χ3n) is 3.56. The first-order chi connectivity index (χ1) is 12.5. The Labute approximate surface area is 161 Å². The maximum atomic E-state index is 12.5. The van der Waals surface area contributed by atoms with Gasteiger partial charge in [0.25, 0.3) is 5.91 Å². The fraction of sp³-hybridized carbons (Fsp3) is 0.105. The second-order valence-electron chi connectivity index (χ2n) is 5.63. The predicted molar refractivity (Wildman–Crippen MR) is 105 cm³/mol. The van der Waals surface area contributed by atoms with Gasteiger partial charge in [-0.1, -0.05) is 47.5 Å².